The van der Waals surface area contributed by atoms with Gasteiger partial charge in [0.2, 0.25) is 11.1 Å². The van der Waals surface area contributed by atoms with Gasteiger partial charge < -0.3 is 19.4 Å². The molecule has 1 N–H and O–H groups in total. The van der Waals surface area contributed by atoms with Crippen molar-refractivity contribution in [1.82, 2.24) is 25.1 Å². The van der Waals surface area contributed by atoms with E-state index >= 15 is 0 Å². The monoisotopic (exact) mass is 573 g/mol. The molecular weight excluding hydrogens is 541 g/mol. The molecule has 5 rings (SSSR count). The molecule has 41 heavy (non-hydrogen) atoms. The number of unbranched alkanes of at least 4 members (excludes halogenated alkanes) is 1. The quantitative estimate of drug-likeness (QED) is 0.141. The van der Waals surface area contributed by atoms with Gasteiger partial charge in [0.05, 0.1) is 19.7 Å². The highest BCUT2D eigenvalue weighted by molar-refractivity contribution is 7.99. The van der Waals surface area contributed by atoms with Crippen molar-refractivity contribution in [2.24, 2.45) is 0 Å². The van der Waals surface area contributed by atoms with E-state index < -0.39 is 0 Å². The lowest BCUT2D eigenvalue weighted by atomic mass is 10.1. The van der Waals surface area contributed by atoms with Crippen molar-refractivity contribution in [3.8, 4) is 11.5 Å². The van der Waals surface area contributed by atoms with Gasteiger partial charge in [-0.3, -0.25) is 4.79 Å². The van der Waals surface area contributed by atoms with Gasteiger partial charge in [0, 0.05) is 30.6 Å². The maximum Gasteiger partial charge on any atom is 0.220 e. The van der Waals surface area contributed by atoms with Crippen LogP contribution in [0.15, 0.2) is 71.9 Å². The Labute approximate surface area is 242 Å². The highest BCUT2D eigenvalue weighted by atomic mass is 32.2. The minimum absolute atomic E-state index is 0.0418. The lowest BCUT2D eigenvalue weighted by Gasteiger charge is -2.10. The maximum atomic E-state index is 13.4. The Bertz CT molecular complexity index is 1640. The number of amides is 1. The molecule has 1 amide bonds. The van der Waals surface area contributed by atoms with Gasteiger partial charge in [0.25, 0.3) is 0 Å². The summed E-state index contributed by atoms with van der Waals surface area (Å²) >= 11 is 1.53. The Morgan fingerprint density at radius 1 is 0.951 bits per heavy atom. The SMILES string of the molecule is COc1ccc(CCNC(=O)CCCCSc2nnc3c4ccccc4n(Cc4ccc(F)cc4)c3n2)cc1OC. The van der Waals surface area contributed by atoms with Crippen molar-refractivity contribution >= 4 is 39.7 Å². The van der Waals surface area contributed by atoms with E-state index in [1.807, 2.05) is 42.5 Å². The zero-order valence-corrected chi connectivity index (χ0v) is 23.9. The minimum atomic E-state index is -0.259. The van der Waals surface area contributed by atoms with Crippen molar-refractivity contribution in [2.45, 2.75) is 37.4 Å². The van der Waals surface area contributed by atoms with E-state index in [0.29, 0.717) is 42.6 Å². The van der Waals surface area contributed by atoms with Gasteiger partial charge in [-0.15, -0.1) is 10.2 Å². The summed E-state index contributed by atoms with van der Waals surface area (Å²) in [6.45, 7) is 1.11. The van der Waals surface area contributed by atoms with Gasteiger partial charge in [-0.2, -0.15) is 0 Å². The molecule has 0 aliphatic rings. The van der Waals surface area contributed by atoms with Crippen LogP contribution >= 0.6 is 11.8 Å². The summed E-state index contributed by atoms with van der Waals surface area (Å²) in [5.74, 6) is 1.93. The fraction of sp³-hybridized carbons (Fsp3) is 0.290. The number of rotatable bonds is 13. The largest absolute Gasteiger partial charge is 0.493 e. The molecule has 2 heterocycles. The first kappa shape index (κ1) is 28.4. The predicted octanol–water partition coefficient (Wildman–Crippen LogP) is 5.81. The van der Waals surface area contributed by atoms with Crippen molar-refractivity contribution in [3.63, 3.8) is 0 Å². The molecule has 2 aromatic heterocycles. The lowest BCUT2D eigenvalue weighted by molar-refractivity contribution is -0.121. The van der Waals surface area contributed by atoms with Crippen LogP contribution < -0.4 is 14.8 Å². The number of methoxy groups -OCH3 is 2. The highest BCUT2D eigenvalue weighted by Gasteiger charge is 2.15. The number of ether oxygens (including phenoxy) is 2. The van der Waals surface area contributed by atoms with Gasteiger partial charge >= 0.3 is 0 Å². The van der Waals surface area contributed by atoms with E-state index in [0.717, 1.165) is 51.8 Å². The summed E-state index contributed by atoms with van der Waals surface area (Å²) in [6, 6.07) is 20.3. The molecule has 0 aliphatic carbocycles. The number of thioether (sulfide) groups is 1. The Morgan fingerprint density at radius 3 is 2.54 bits per heavy atom. The molecule has 0 bridgehead atoms. The van der Waals surface area contributed by atoms with E-state index in [-0.39, 0.29) is 11.7 Å². The minimum Gasteiger partial charge on any atom is -0.493 e. The van der Waals surface area contributed by atoms with Crippen LogP contribution in [0.1, 0.15) is 30.4 Å². The zero-order valence-electron chi connectivity index (χ0n) is 23.1. The summed E-state index contributed by atoms with van der Waals surface area (Å²) in [5, 5.41) is 13.4. The molecule has 0 spiro atoms. The molecular formula is C31H32FN5O3S. The third-order valence-electron chi connectivity index (χ3n) is 6.82. The summed E-state index contributed by atoms with van der Waals surface area (Å²) in [4.78, 5) is 17.1. The summed E-state index contributed by atoms with van der Waals surface area (Å²) in [7, 11) is 3.22. The number of para-hydroxylation sites is 1. The first-order valence-electron chi connectivity index (χ1n) is 13.5. The fourth-order valence-electron chi connectivity index (χ4n) is 4.70. The number of fused-ring (bicyclic) bond motifs is 3. The van der Waals surface area contributed by atoms with E-state index in [1.165, 1.54) is 23.9 Å². The molecule has 8 nitrogen and oxygen atoms in total. The number of hydrogen-bond donors (Lipinski definition) is 1. The normalized spacial score (nSPS) is 11.2. The zero-order chi connectivity index (χ0) is 28.6. The van der Waals surface area contributed by atoms with E-state index in [1.54, 1.807) is 26.4 Å². The molecule has 0 atom stereocenters. The molecule has 0 saturated heterocycles. The summed E-state index contributed by atoms with van der Waals surface area (Å²) in [6.07, 6.45) is 2.81. The highest BCUT2D eigenvalue weighted by Crippen LogP contribution is 2.29. The van der Waals surface area contributed by atoms with Gasteiger partial charge in [-0.05, 0) is 60.7 Å². The van der Waals surface area contributed by atoms with Gasteiger partial charge in [-0.1, -0.05) is 48.2 Å². The molecule has 0 fully saturated rings. The van der Waals surface area contributed by atoms with E-state index in [2.05, 4.69) is 20.1 Å². The van der Waals surface area contributed by atoms with Gasteiger partial charge in [-0.25, -0.2) is 9.37 Å². The first-order chi connectivity index (χ1) is 20.1. The number of benzene rings is 3. The second-order valence-electron chi connectivity index (χ2n) is 9.59. The lowest BCUT2D eigenvalue weighted by Crippen LogP contribution is -2.25. The number of nitrogens with zero attached hydrogens (tertiary/aromatic N) is 4. The molecule has 5 aromatic rings. The smallest absolute Gasteiger partial charge is 0.220 e. The molecule has 0 aliphatic heterocycles. The Balaban J connectivity index is 1.12. The molecule has 10 heteroatoms. The third kappa shape index (κ3) is 6.94. The van der Waals surface area contributed by atoms with Crippen molar-refractivity contribution in [1.29, 1.82) is 0 Å². The first-order valence-corrected chi connectivity index (χ1v) is 14.5. The van der Waals surface area contributed by atoms with Crippen molar-refractivity contribution in [3.05, 3.63) is 83.7 Å². The second-order valence-corrected chi connectivity index (χ2v) is 10.7. The Morgan fingerprint density at radius 2 is 1.73 bits per heavy atom. The van der Waals surface area contributed by atoms with E-state index in [4.69, 9.17) is 14.5 Å². The number of halogens is 1. The van der Waals surface area contributed by atoms with Crippen LogP contribution in [-0.2, 0) is 17.8 Å². The third-order valence-corrected chi connectivity index (χ3v) is 7.75. The molecule has 0 unspecified atom stereocenters. The summed E-state index contributed by atoms with van der Waals surface area (Å²) in [5.41, 5.74) is 4.55. The molecule has 3 aromatic carbocycles. The predicted molar refractivity (Wildman–Crippen MR) is 159 cm³/mol. The van der Waals surface area contributed by atoms with Gasteiger partial charge in [0.1, 0.15) is 11.3 Å². The van der Waals surface area contributed by atoms with Crippen LogP contribution in [0.2, 0.25) is 0 Å². The van der Waals surface area contributed by atoms with Crippen LogP contribution in [0.25, 0.3) is 22.1 Å². The topological polar surface area (TPSA) is 91.2 Å². The molecule has 212 valence electrons. The van der Waals surface area contributed by atoms with Crippen molar-refractivity contribution in [2.75, 3.05) is 26.5 Å². The Kier molecular flexibility index (Phi) is 9.30. The average Bonchev–Trinajstić information content (AvgIpc) is 3.30. The van der Waals surface area contributed by atoms with E-state index in [9.17, 15) is 9.18 Å². The fourth-order valence-corrected chi connectivity index (χ4v) is 5.49. The van der Waals surface area contributed by atoms with Gasteiger partial charge in [0.15, 0.2) is 17.1 Å². The van der Waals surface area contributed by atoms with Crippen LogP contribution in [-0.4, -0.2) is 52.2 Å². The summed E-state index contributed by atoms with van der Waals surface area (Å²) < 4.78 is 26.1. The standard InChI is InChI=1S/C31H32FN5O3S/c1-39-26-15-12-21(19-27(26)40-2)16-17-33-28(38)9-5-6-18-41-31-34-30-29(35-36-31)24-7-3-4-8-25(24)37(30)20-22-10-13-23(32)14-11-22/h3-4,7-8,10-15,19H,5-6,9,16-18,20H2,1-2H3,(H,33,38). The average molecular weight is 574 g/mol. The van der Waals surface area contributed by atoms with Crippen LogP contribution in [0, 0.1) is 5.82 Å². The second kappa shape index (κ2) is 13.5. The Hall–Kier alpha value is -4.18. The number of hydrogen-bond acceptors (Lipinski definition) is 7. The molecule has 0 saturated carbocycles. The number of nitrogens with one attached hydrogen (secondary N) is 1. The van der Waals surface area contributed by atoms with Crippen LogP contribution in [0.3, 0.4) is 0 Å². The molecule has 0 radical (unpaired) electrons. The van der Waals surface area contributed by atoms with Crippen LogP contribution in [0.4, 0.5) is 4.39 Å². The maximum absolute atomic E-state index is 13.4. The van der Waals surface area contributed by atoms with Crippen molar-refractivity contribution < 1.29 is 18.7 Å². The number of aromatic nitrogens is 4. The number of carbonyl (C=O) groups excluding carboxylic acids is 1. The van der Waals surface area contributed by atoms with Crippen LogP contribution in [0.5, 0.6) is 11.5 Å². The number of carbonyl (C=O) groups is 1.